The lowest BCUT2D eigenvalue weighted by Gasteiger charge is -2.25. The Morgan fingerprint density at radius 3 is 2.57 bits per heavy atom. The molecule has 2 heterocycles. The van der Waals surface area contributed by atoms with Crippen LogP contribution in [0.4, 0.5) is 0 Å². The number of nitrogens with zero attached hydrogens (tertiary/aromatic N) is 2. The monoisotopic (exact) mass is 332 g/mol. The van der Waals surface area contributed by atoms with Gasteiger partial charge in [0.1, 0.15) is 28.8 Å². The van der Waals surface area contributed by atoms with Crippen molar-refractivity contribution >= 4 is 17.2 Å². The summed E-state index contributed by atoms with van der Waals surface area (Å²) in [5.41, 5.74) is 0.533. The highest BCUT2D eigenvalue weighted by Crippen LogP contribution is 2.20. The Morgan fingerprint density at radius 1 is 1.17 bits per heavy atom. The van der Waals surface area contributed by atoms with Gasteiger partial charge in [-0.25, -0.2) is 4.98 Å². The van der Waals surface area contributed by atoms with Gasteiger partial charge in [0.05, 0.1) is 7.11 Å². The Hall–Kier alpha value is -2.08. The molecule has 0 N–H and O–H groups in total. The predicted molar refractivity (Wildman–Crippen MR) is 89.2 cm³/mol. The average molecular weight is 332 g/mol. The minimum atomic E-state index is 0.0386. The summed E-state index contributed by atoms with van der Waals surface area (Å²) in [5.74, 6) is 1.59. The lowest BCUT2D eigenvalue weighted by atomic mass is 10.1. The third-order valence-electron chi connectivity index (χ3n) is 3.84. The van der Waals surface area contributed by atoms with Crippen molar-refractivity contribution in [2.45, 2.75) is 25.9 Å². The topological polar surface area (TPSA) is 51.7 Å². The summed E-state index contributed by atoms with van der Waals surface area (Å²) in [6.45, 7) is 2.05. The van der Waals surface area contributed by atoms with Crippen molar-refractivity contribution in [3.05, 3.63) is 40.3 Å². The lowest BCUT2D eigenvalue weighted by Crippen LogP contribution is -2.35. The molecule has 23 heavy (non-hydrogen) atoms. The van der Waals surface area contributed by atoms with Gasteiger partial charge in [0.25, 0.3) is 5.91 Å². The van der Waals surface area contributed by atoms with E-state index in [1.54, 1.807) is 7.11 Å². The molecule has 0 saturated carbocycles. The maximum Gasteiger partial charge on any atom is 0.273 e. The van der Waals surface area contributed by atoms with E-state index in [2.05, 4.69) is 4.98 Å². The van der Waals surface area contributed by atoms with E-state index < -0.39 is 0 Å². The summed E-state index contributed by atoms with van der Waals surface area (Å²) < 4.78 is 10.8. The number of piperidine rings is 1. The Kier molecular flexibility index (Phi) is 5.12. The molecule has 3 rings (SSSR count). The van der Waals surface area contributed by atoms with Crippen LogP contribution in [0.2, 0.25) is 0 Å². The number of hydrogen-bond acceptors (Lipinski definition) is 5. The average Bonchev–Trinajstić information content (AvgIpc) is 3.09. The van der Waals surface area contributed by atoms with Crippen LogP contribution in [0.3, 0.4) is 0 Å². The normalized spacial score (nSPS) is 14.6. The summed E-state index contributed by atoms with van der Waals surface area (Å²) in [7, 11) is 1.63. The number of aromatic nitrogens is 1. The molecule has 1 aliphatic rings. The van der Waals surface area contributed by atoms with Crippen molar-refractivity contribution < 1.29 is 14.3 Å². The molecule has 1 saturated heterocycles. The fourth-order valence-electron chi connectivity index (χ4n) is 2.55. The molecule has 0 atom stereocenters. The Balaban J connectivity index is 1.57. The predicted octanol–water partition coefficient (Wildman–Crippen LogP) is 3.36. The van der Waals surface area contributed by atoms with Crippen molar-refractivity contribution in [1.82, 2.24) is 9.88 Å². The van der Waals surface area contributed by atoms with E-state index in [9.17, 15) is 4.79 Å². The lowest BCUT2D eigenvalue weighted by molar-refractivity contribution is 0.0719. The van der Waals surface area contributed by atoms with Crippen LogP contribution < -0.4 is 9.47 Å². The van der Waals surface area contributed by atoms with Crippen molar-refractivity contribution in [2.75, 3.05) is 20.2 Å². The summed E-state index contributed by atoms with van der Waals surface area (Å²) in [6.07, 6.45) is 3.38. The maximum absolute atomic E-state index is 12.4. The molecular weight excluding hydrogens is 312 g/mol. The second-order valence-electron chi connectivity index (χ2n) is 5.44. The first-order valence-electron chi connectivity index (χ1n) is 7.77. The highest BCUT2D eigenvalue weighted by Gasteiger charge is 2.20. The molecule has 2 aromatic rings. The van der Waals surface area contributed by atoms with Crippen LogP contribution >= 0.6 is 11.3 Å². The van der Waals surface area contributed by atoms with Crippen LogP contribution in [0.15, 0.2) is 29.6 Å². The van der Waals surface area contributed by atoms with Gasteiger partial charge in [-0.3, -0.25) is 4.79 Å². The van der Waals surface area contributed by atoms with Crippen LogP contribution in [0, 0.1) is 0 Å². The molecule has 1 aliphatic heterocycles. The molecule has 0 aliphatic carbocycles. The summed E-state index contributed by atoms with van der Waals surface area (Å²) >= 11 is 1.46. The Morgan fingerprint density at radius 2 is 1.87 bits per heavy atom. The standard InChI is InChI=1S/C17H20N2O3S/c1-21-13-5-7-14(8-6-13)22-11-16-18-15(12-23-16)17(20)19-9-3-2-4-10-19/h5-8,12H,2-4,9-11H2,1H3. The first-order chi connectivity index (χ1) is 11.3. The minimum absolute atomic E-state index is 0.0386. The zero-order valence-electron chi connectivity index (χ0n) is 13.2. The molecule has 0 spiro atoms. The molecular formula is C17H20N2O3S. The first kappa shape index (κ1) is 15.8. The molecule has 0 radical (unpaired) electrons. The fourth-order valence-corrected chi connectivity index (χ4v) is 3.23. The first-order valence-corrected chi connectivity index (χ1v) is 8.65. The third-order valence-corrected chi connectivity index (χ3v) is 4.66. The van der Waals surface area contributed by atoms with Gasteiger partial charge in [-0.05, 0) is 43.5 Å². The van der Waals surface area contributed by atoms with E-state index in [1.807, 2.05) is 34.5 Å². The second-order valence-corrected chi connectivity index (χ2v) is 6.39. The molecule has 1 aromatic carbocycles. The van der Waals surface area contributed by atoms with Crippen molar-refractivity contribution in [2.24, 2.45) is 0 Å². The van der Waals surface area contributed by atoms with E-state index >= 15 is 0 Å². The summed E-state index contributed by atoms with van der Waals surface area (Å²) in [4.78, 5) is 18.7. The number of methoxy groups -OCH3 is 1. The van der Waals surface area contributed by atoms with E-state index in [-0.39, 0.29) is 5.91 Å². The second kappa shape index (κ2) is 7.46. The number of likely N-dealkylation sites (tertiary alicyclic amines) is 1. The molecule has 1 fully saturated rings. The summed E-state index contributed by atoms with van der Waals surface area (Å²) in [5, 5.41) is 2.63. The number of rotatable bonds is 5. The number of amides is 1. The van der Waals surface area contributed by atoms with E-state index in [0.29, 0.717) is 12.3 Å². The largest absolute Gasteiger partial charge is 0.497 e. The van der Waals surface area contributed by atoms with E-state index in [0.717, 1.165) is 42.4 Å². The summed E-state index contributed by atoms with van der Waals surface area (Å²) in [6, 6.07) is 7.41. The molecule has 1 aromatic heterocycles. The Labute approximate surface area is 139 Å². The van der Waals surface area contributed by atoms with Gasteiger partial charge < -0.3 is 14.4 Å². The van der Waals surface area contributed by atoms with Crippen molar-refractivity contribution in [3.8, 4) is 11.5 Å². The van der Waals surface area contributed by atoms with E-state index in [1.165, 1.54) is 17.8 Å². The SMILES string of the molecule is COc1ccc(OCc2nc(C(=O)N3CCCCC3)cs2)cc1. The molecule has 1 amide bonds. The zero-order chi connectivity index (χ0) is 16.1. The maximum atomic E-state index is 12.4. The van der Waals surface area contributed by atoms with Crippen LogP contribution in [0.25, 0.3) is 0 Å². The number of benzene rings is 1. The molecule has 122 valence electrons. The van der Waals surface area contributed by atoms with Crippen LogP contribution in [0.5, 0.6) is 11.5 Å². The van der Waals surface area contributed by atoms with Crippen LogP contribution in [0.1, 0.15) is 34.8 Å². The number of hydrogen-bond donors (Lipinski definition) is 0. The van der Waals surface area contributed by atoms with Gasteiger partial charge >= 0.3 is 0 Å². The van der Waals surface area contributed by atoms with Crippen LogP contribution in [-0.4, -0.2) is 36.0 Å². The number of thiazole rings is 1. The highest BCUT2D eigenvalue weighted by molar-refractivity contribution is 7.09. The molecule has 5 nitrogen and oxygen atoms in total. The van der Waals surface area contributed by atoms with Gasteiger partial charge in [-0.1, -0.05) is 0 Å². The van der Waals surface area contributed by atoms with Gasteiger partial charge in [0.15, 0.2) is 0 Å². The highest BCUT2D eigenvalue weighted by atomic mass is 32.1. The fraction of sp³-hybridized carbons (Fsp3) is 0.412. The molecule has 0 unspecified atom stereocenters. The smallest absolute Gasteiger partial charge is 0.273 e. The zero-order valence-corrected chi connectivity index (χ0v) is 14.0. The molecule has 6 heteroatoms. The van der Waals surface area contributed by atoms with Crippen molar-refractivity contribution in [1.29, 1.82) is 0 Å². The van der Waals surface area contributed by atoms with Gasteiger partial charge in [0.2, 0.25) is 0 Å². The van der Waals surface area contributed by atoms with Gasteiger partial charge in [0, 0.05) is 18.5 Å². The number of carbonyl (C=O) groups is 1. The van der Waals surface area contributed by atoms with E-state index in [4.69, 9.17) is 9.47 Å². The van der Waals surface area contributed by atoms with Crippen molar-refractivity contribution in [3.63, 3.8) is 0 Å². The number of carbonyl (C=O) groups excluding carboxylic acids is 1. The third kappa shape index (κ3) is 4.01. The quantitative estimate of drug-likeness (QED) is 0.842. The number of ether oxygens (including phenoxy) is 2. The minimum Gasteiger partial charge on any atom is -0.497 e. The van der Waals surface area contributed by atoms with Gasteiger partial charge in [-0.2, -0.15) is 0 Å². The Bertz CT molecular complexity index is 648. The van der Waals surface area contributed by atoms with Gasteiger partial charge in [-0.15, -0.1) is 11.3 Å². The molecule has 0 bridgehead atoms. The van der Waals surface area contributed by atoms with Crippen LogP contribution in [-0.2, 0) is 6.61 Å².